The van der Waals surface area contributed by atoms with Crippen molar-refractivity contribution in [3.63, 3.8) is 0 Å². The van der Waals surface area contributed by atoms with Gasteiger partial charge >= 0.3 is 0 Å². The van der Waals surface area contributed by atoms with Gasteiger partial charge in [-0.15, -0.1) is 0 Å². The van der Waals surface area contributed by atoms with E-state index in [-0.39, 0.29) is 30.0 Å². The molecule has 32 heavy (non-hydrogen) atoms. The first-order chi connectivity index (χ1) is 15.0. The van der Waals surface area contributed by atoms with Crippen LogP contribution in [0.3, 0.4) is 0 Å². The summed E-state index contributed by atoms with van der Waals surface area (Å²) in [4.78, 5) is 12.3. The van der Waals surface area contributed by atoms with Crippen molar-refractivity contribution in [2.75, 3.05) is 41.0 Å². The molecule has 1 N–H and O–H groups in total. The van der Waals surface area contributed by atoms with Crippen LogP contribution in [0, 0.1) is 0 Å². The van der Waals surface area contributed by atoms with E-state index in [0.717, 1.165) is 15.6 Å². The van der Waals surface area contributed by atoms with Gasteiger partial charge in [0.15, 0.2) is 11.5 Å². The van der Waals surface area contributed by atoms with Gasteiger partial charge in [-0.1, -0.05) is 39.0 Å². The summed E-state index contributed by atoms with van der Waals surface area (Å²) in [5.41, 5.74) is 1.01. The Kier molecular flexibility index (Phi) is 8.51. The van der Waals surface area contributed by atoms with E-state index in [1.165, 1.54) is 39.5 Å². The van der Waals surface area contributed by atoms with Gasteiger partial charge in [-0.05, 0) is 29.2 Å². The molecule has 0 unspecified atom stereocenters. The Morgan fingerprint density at radius 1 is 1.00 bits per heavy atom. The summed E-state index contributed by atoms with van der Waals surface area (Å²) < 4.78 is 42.7. The highest BCUT2D eigenvalue weighted by Crippen LogP contribution is 2.31. The third-order valence-corrected chi connectivity index (χ3v) is 6.61. The van der Waals surface area contributed by atoms with Crippen molar-refractivity contribution in [2.45, 2.75) is 31.1 Å². The first-order valence-electron chi connectivity index (χ1n) is 10.2. The zero-order valence-corrected chi connectivity index (χ0v) is 20.3. The Morgan fingerprint density at radius 2 is 1.66 bits per heavy atom. The molecule has 2 aromatic rings. The topological polar surface area (TPSA) is 94.2 Å². The lowest BCUT2D eigenvalue weighted by Gasteiger charge is -2.22. The average molecular weight is 465 g/mol. The predicted molar refractivity (Wildman–Crippen MR) is 123 cm³/mol. The van der Waals surface area contributed by atoms with Crippen molar-refractivity contribution >= 4 is 15.9 Å². The number of ether oxygens (including phenoxy) is 3. The minimum atomic E-state index is -3.88. The second-order valence-corrected chi connectivity index (χ2v) is 10.3. The largest absolute Gasteiger partial charge is 0.493 e. The minimum absolute atomic E-state index is 0.00701. The molecule has 0 saturated heterocycles. The molecule has 0 aliphatic rings. The van der Waals surface area contributed by atoms with Gasteiger partial charge in [0.25, 0.3) is 0 Å². The van der Waals surface area contributed by atoms with Crippen LogP contribution in [0.25, 0.3) is 0 Å². The van der Waals surface area contributed by atoms with Crippen molar-refractivity contribution in [3.8, 4) is 17.2 Å². The van der Waals surface area contributed by atoms with Gasteiger partial charge in [0.05, 0.1) is 32.2 Å². The Morgan fingerprint density at radius 3 is 2.28 bits per heavy atom. The van der Waals surface area contributed by atoms with Crippen LogP contribution in [0.15, 0.2) is 47.4 Å². The van der Waals surface area contributed by atoms with Gasteiger partial charge in [0.2, 0.25) is 15.9 Å². The fourth-order valence-corrected chi connectivity index (χ4v) is 4.21. The number of amides is 1. The fraction of sp³-hybridized carbons (Fsp3) is 0.435. The summed E-state index contributed by atoms with van der Waals surface area (Å²) in [7, 11) is 0.358. The Hall–Kier alpha value is -2.78. The van der Waals surface area contributed by atoms with Crippen LogP contribution in [0.2, 0.25) is 0 Å². The maximum atomic E-state index is 12.8. The van der Waals surface area contributed by atoms with Crippen molar-refractivity contribution in [2.24, 2.45) is 0 Å². The number of para-hydroxylation sites is 1. The van der Waals surface area contributed by atoms with Gasteiger partial charge in [0.1, 0.15) is 12.4 Å². The molecule has 0 aromatic heterocycles. The predicted octanol–water partition coefficient (Wildman–Crippen LogP) is 2.82. The molecular formula is C23H32N2O6S. The molecule has 2 rings (SSSR count). The van der Waals surface area contributed by atoms with Crippen LogP contribution in [-0.2, 0) is 20.2 Å². The van der Waals surface area contributed by atoms with Gasteiger partial charge in [-0.2, -0.15) is 4.31 Å². The highest BCUT2D eigenvalue weighted by Gasteiger charge is 2.24. The number of hydrogen-bond acceptors (Lipinski definition) is 6. The monoisotopic (exact) mass is 464 g/mol. The molecule has 2 aromatic carbocycles. The van der Waals surface area contributed by atoms with E-state index in [4.69, 9.17) is 14.2 Å². The quantitative estimate of drug-likeness (QED) is 0.544. The second kappa shape index (κ2) is 10.7. The van der Waals surface area contributed by atoms with E-state index in [2.05, 4.69) is 26.1 Å². The van der Waals surface area contributed by atoms with Crippen LogP contribution < -0.4 is 19.5 Å². The highest BCUT2D eigenvalue weighted by molar-refractivity contribution is 7.89. The number of rotatable bonds is 10. The molecule has 0 spiro atoms. The molecule has 0 heterocycles. The van der Waals surface area contributed by atoms with Crippen LogP contribution in [0.5, 0.6) is 17.2 Å². The molecule has 0 saturated carbocycles. The van der Waals surface area contributed by atoms with E-state index >= 15 is 0 Å². The summed E-state index contributed by atoms with van der Waals surface area (Å²) in [6.07, 6.45) is 0. The minimum Gasteiger partial charge on any atom is -0.493 e. The second-order valence-electron chi connectivity index (χ2n) is 8.22. The standard InChI is InChI=1S/C23H32N2O6S/c1-23(2,3)18-9-7-8-10-19(18)31-14-13-24-22(26)16-25(4)32(27,28)17-11-12-20(29-5)21(15-17)30-6/h7-12,15H,13-14,16H2,1-6H3,(H,24,26). The molecule has 0 bridgehead atoms. The Bertz CT molecular complexity index is 1030. The number of sulfonamides is 1. The number of hydrogen-bond donors (Lipinski definition) is 1. The number of nitrogens with one attached hydrogen (secondary N) is 1. The van der Waals surface area contributed by atoms with Crippen molar-refractivity contribution < 1.29 is 27.4 Å². The molecule has 0 radical (unpaired) electrons. The lowest BCUT2D eigenvalue weighted by atomic mass is 9.86. The lowest BCUT2D eigenvalue weighted by molar-refractivity contribution is -0.121. The molecule has 0 atom stereocenters. The normalized spacial score (nSPS) is 11.8. The highest BCUT2D eigenvalue weighted by atomic mass is 32.2. The molecule has 0 aliphatic heterocycles. The van der Waals surface area contributed by atoms with Gasteiger partial charge < -0.3 is 19.5 Å². The summed E-state index contributed by atoms with van der Waals surface area (Å²) in [5.74, 6) is 1.05. The molecule has 0 aliphatic carbocycles. The lowest BCUT2D eigenvalue weighted by Crippen LogP contribution is -2.39. The van der Waals surface area contributed by atoms with Crippen LogP contribution in [0.1, 0.15) is 26.3 Å². The van der Waals surface area contributed by atoms with Gasteiger partial charge in [-0.3, -0.25) is 4.79 Å². The maximum Gasteiger partial charge on any atom is 0.243 e. The molecule has 8 nitrogen and oxygen atoms in total. The SMILES string of the molecule is COc1ccc(S(=O)(=O)N(C)CC(=O)NCCOc2ccccc2C(C)(C)C)cc1OC. The van der Waals surface area contributed by atoms with Crippen molar-refractivity contribution in [1.82, 2.24) is 9.62 Å². The first kappa shape index (κ1) is 25.5. The summed E-state index contributed by atoms with van der Waals surface area (Å²) in [5, 5.41) is 2.69. The van der Waals surface area contributed by atoms with E-state index in [1.54, 1.807) is 0 Å². The number of benzene rings is 2. The van der Waals surface area contributed by atoms with Crippen molar-refractivity contribution in [1.29, 1.82) is 0 Å². The number of carbonyl (C=O) groups is 1. The van der Waals surface area contributed by atoms with E-state index < -0.39 is 15.9 Å². The first-order valence-corrected chi connectivity index (χ1v) is 11.6. The molecule has 9 heteroatoms. The van der Waals surface area contributed by atoms with Crippen LogP contribution >= 0.6 is 0 Å². The smallest absolute Gasteiger partial charge is 0.243 e. The summed E-state index contributed by atoms with van der Waals surface area (Å²) >= 11 is 0. The van der Waals surface area contributed by atoms with Crippen molar-refractivity contribution in [3.05, 3.63) is 48.0 Å². The van der Waals surface area contributed by atoms with E-state index in [9.17, 15) is 13.2 Å². The summed E-state index contributed by atoms with van der Waals surface area (Å²) in [6, 6.07) is 12.1. The molecular weight excluding hydrogens is 432 g/mol. The summed E-state index contributed by atoms with van der Waals surface area (Å²) in [6.45, 7) is 6.50. The number of methoxy groups -OCH3 is 2. The molecule has 0 fully saturated rings. The van der Waals surface area contributed by atoms with Gasteiger partial charge in [0, 0.05) is 13.1 Å². The molecule has 176 valence electrons. The third-order valence-electron chi connectivity index (χ3n) is 4.81. The van der Waals surface area contributed by atoms with Gasteiger partial charge in [-0.25, -0.2) is 8.42 Å². The molecule has 1 amide bonds. The van der Waals surface area contributed by atoms with Crippen LogP contribution in [0.4, 0.5) is 0 Å². The van der Waals surface area contributed by atoms with Crippen LogP contribution in [-0.4, -0.2) is 59.6 Å². The number of nitrogens with zero attached hydrogens (tertiary/aromatic N) is 1. The zero-order chi connectivity index (χ0) is 23.9. The van der Waals surface area contributed by atoms with E-state index in [1.807, 2.05) is 24.3 Å². The van der Waals surface area contributed by atoms with E-state index in [0.29, 0.717) is 11.5 Å². The Balaban J connectivity index is 1.92. The fourth-order valence-electron chi connectivity index (χ4n) is 3.06. The number of carbonyl (C=O) groups excluding carboxylic acids is 1. The number of likely N-dealkylation sites (N-methyl/N-ethyl adjacent to an activating group) is 1. The average Bonchev–Trinajstić information content (AvgIpc) is 2.75. The third kappa shape index (κ3) is 6.37. The zero-order valence-electron chi connectivity index (χ0n) is 19.5. The maximum absolute atomic E-state index is 12.8. The Labute approximate surface area is 190 Å².